The van der Waals surface area contributed by atoms with Crippen LogP contribution in [0, 0.1) is 5.82 Å². The molecular formula is C12H15BrFNS. The van der Waals surface area contributed by atoms with E-state index in [0.29, 0.717) is 15.4 Å². The number of hydrogen-bond donors (Lipinski definition) is 1. The average Bonchev–Trinajstić information content (AvgIpc) is 2.27. The largest absolute Gasteiger partial charge is 0.398 e. The van der Waals surface area contributed by atoms with Gasteiger partial charge >= 0.3 is 0 Å². The summed E-state index contributed by atoms with van der Waals surface area (Å²) in [7, 11) is 0. The van der Waals surface area contributed by atoms with Crippen LogP contribution in [0.2, 0.25) is 0 Å². The third kappa shape index (κ3) is 2.92. The van der Waals surface area contributed by atoms with Crippen molar-refractivity contribution in [1.82, 2.24) is 0 Å². The van der Waals surface area contributed by atoms with Gasteiger partial charge in [-0.3, -0.25) is 0 Å². The Morgan fingerprint density at radius 1 is 1.25 bits per heavy atom. The van der Waals surface area contributed by atoms with Crippen LogP contribution in [0.25, 0.3) is 0 Å². The van der Waals surface area contributed by atoms with Crippen molar-refractivity contribution in [3.05, 3.63) is 22.4 Å². The zero-order chi connectivity index (χ0) is 11.5. The van der Waals surface area contributed by atoms with Crippen LogP contribution in [0.4, 0.5) is 10.1 Å². The molecule has 1 nitrogen and oxygen atoms in total. The van der Waals surface area contributed by atoms with Crippen molar-refractivity contribution in [2.24, 2.45) is 0 Å². The van der Waals surface area contributed by atoms with Crippen LogP contribution in [0.1, 0.15) is 32.1 Å². The minimum Gasteiger partial charge on any atom is -0.398 e. The van der Waals surface area contributed by atoms with E-state index in [4.69, 9.17) is 5.73 Å². The second kappa shape index (κ2) is 5.41. The van der Waals surface area contributed by atoms with Crippen LogP contribution in [-0.2, 0) is 0 Å². The maximum atomic E-state index is 13.2. The number of anilines is 1. The van der Waals surface area contributed by atoms with E-state index in [2.05, 4.69) is 15.9 Å². The Kier molecular flexibility index (Phi) is 4.14. The van der Waals surface area contributed by atoms with Gasteiger partial charge < -0.3 is 5.73 Å². The van der Waals surface area contributed by atoms with E-state index < -0.39 is 0 Å². The highest BCUT2D eigenvalue weighted by Gasteiger charge is 2.16. The van der Waals surface area contributed by atoms with Gasteiger partial charge in [0.05, 0.1) is 4.47 Å². The van der Waals surface area contributed by atoms with Crippen molar-refractivity contribution >= 4 is 33.4 Å². The Labute approximate surface area is 108 Å². The normalized spacial score (nSPS) is 17.6. The molecule has 4 heteroatoms. The summed E-state index contributed by atoms with van der Waals surface area (Å²) in [5.74, 6) is -0.287. The van der Waals surface area contributed by atoms with Gasteiger partial charge in [0.2, 0.25) is 0 Å². The molecule has 0 aromatic heterocycles. The standard InChI is InChI=1S/C12H15BrFNS/c13-9-6-12(11(15)7-10(9)14)16-8-4-2-1-3-5-8/h6-8H,1-5,15H2. The minimum atomic E-state index is -0.287. The highest BCUT2D eigenvalue weighted by molar-refractivity contribution is 9.10. The van der Waals surface area contributed by atoms with Crippen molar-refractivity contribution in [1.29, 1.82) is 0 Å². The van der Waals surface area contributed by atoms with Gasteiger partial charge in [0.1, 0.15) is 5.82 Å². The number of halogens is 2. The fourth-order valence-electron chi connectivity index (χ4n) is 2.01. The lowest BCUT2D eigenvalue weighted by atomic mass is 10.0. The third-order valence-corrected chi connectivity index (χ3v) is 4.92. The van der Waals surface area contributed by atoms with Crippen LogP contribution < -0.4 is 5.73 Å². The number of thioether (sulfide) groups is 1. The van der Waals surface area contributed by atoms with E-state index in [1.807, 2.05) is 0 Å². The van der Waals surface area contributed by atoms with Crippen molar-refractivity contribution < 1.29 is 4.39 Å². The predicted molar refractivity (Wildman–Crippen MR) is 71.2 cm³/mol. The summed E-state index contributed by atoms with van der Waals surface area (Å²) in [6.07, 6.45) is 6.46. The lowest BCUT2D eigenvalue weighted by molar-refractivity contribution is 0.516. The summed E-state index contributed by atoms with van der Waals surface area (Å²) in [5, 5.41) is 0.647. The molecule has 2 rings (SSSR count). The molecule has 1 fully saturated rings. The molecule has 0 bridgehead atoms. The van der Waals surface area contributed by atoms with E-state index in [1.54, 1.807) is 17.8 Å². The first kappa shape index (κ1) is 12.2. The second-order valence-corrected chi connectivity index (χ2v) is 6.38. The Morgan fingerprint density at radius 2 is 1.94 bits per heavy atom. The van der Waals surface area contributed by atoms with Crippen molar-refractivity contribution in [2.45, 2.75) is 42.2 Å². The van der Waals surface area contributed by atoms with E-state index >= 15 is 0 Å². The maximum Gasteiger partial charge on any atom is 0.139 e. The molecule has 0 heterocycles. The summed E-state index contributed by atoms with van der Waals surface area (Å²) >= 11 is 4.99. The quantitative estimate of drug-likeness (QED) is 0.808. The molecule has 0 aliphatic heterocycles. The van der Waals surface area contributed by atoms with Crippen molar-refractivity contribution in [3.63, 3.8) is 0 Å². The number of nitrogens with two attached hydrogens (primary N) is 1. The van der Waals surface area contributed by atoms with Crippen molar-refractivity contribution in [2.75, 3.05) is 5.73 Å². The van der Waals surface area contributed by atoms with Gasteiger partial charge in [-0.2, -0.15) is 0 Å². The van der Waals surface area contributed by atoms with E-state index in [0.717, 1.165) is 4.90 Å². The van der Waals surface area contributed by atoms with Crippen LogP contribution in [-0.4, -0.2) is 5.25 Å². The van der Waals surface area contributed by atoms with Gasteiger partial charge in [0.15, 0.2) is 0 Å². The lowest BCUT2D eigenvalue weighted by Gasteiger charge is -2.21. The molecule has 0 saturated heterocycles. The zero-order valence-corrected chi connectivity index (χ0v) is 11.4. The molecule has 0 unspecified atom stereocenters. The Morgan fingerprint density at radius 3 is 2.62 bits per heavy atom. The predicted octanol–water partition coefficient (Wildman–Crippen LogP) is 4.60. The molecule has 0 radical (unpaired) electrons. The monoisotopic (exact) mass is 303 g/mol. The Bertz CT molecular complexity index is 378. The number of hydrogen-bond acceptors (Lipinski definition) is 2. The molecule has 16 heavy (non-hydrogen) atoms. The molecule has 1 saturated carbocycles. The third-order valence-electron chi connectivity index (χ3n) is 2.90. The van der Waals surface area contributed by atoms with Crippen LogP contribution in [0.3, 0.4) is 0 Å². The van der Waals surface area contributed by atoms with Crippen LogP contribution >= 0.6 is 27.7 Å². The second-order valence-electron chi connectivity index (χ2n) is 4.18. The molecule has 1 aromatic carbocycles. The van der Waals surface area contributed by atoms with Crippen molar-refractivity contribution in [3.8, 4) is 0 Å². The van der Waals surface area contributed by atoms with E-state index in [-0.39, 0.29) is 5.82 Å². The van der Waals surface area contributed by atoms with E-state index in [1.165, 1.54) is 38.2 Å². The van der Waals surface area contributed by atoms with E-state index in [9.17, 15) is 4.39 Å². The first-order valence-electron chi connectivity index (χ1n) is 5.58. The Hall–Kier alpha value is -0.220. The number of benzene rings is 1. The summed E-state index contributed by atoms with van der Waals surface area (Å²) in [5.41, 5.74) is 6.38. The molecule has 1 aromatic rings. The van der Waals surface area contributed by atoms with Crippen LogP contribution in [0.5, 0.6) is 0 Å². The highest BCUT2D eigenvalue weighted by Crippen LogP contribution is 2.38. The van der Waals surface area contributed by atoms with Gasteiger partial charge in [-0.15, -0.1) is 11.8 Å². The molecule has 1 aliphatic rings. The number of nitrogen functional groups attached to an aromatic ring is 1. The molecule has 2 N–H and O–H groups in total. The Balaban J connectivity index is 2.11. The lowest BCUT2D eigenvalue weighted by Crippen LogP contribution is -2.08. The molecule has 88 valence electrons. The SMILES string of the molecule is Nc1cc(F)c(Br)cc1SC1CCCCC1. The first-order valence-corrected chi connectivity index (χ1v) is 7.25. The van der Waals surface area contributed by atoms with Gasteiger partial charge in [-0.1, -0.05) is 19.3 Å². The van der Waals surface area contributed by atoms with Gasteiger partial charge in [0.25, 0.3) is 0 Å². The molecule has 0 atom stereocenters. The van der Waals surface area contributed by atoms with Gasteiger partial charge in [-0.05, 0) is 40.9 Å². The van der Waals surface area contributed by atoms with Gasteiger partial charge in [-0.25, -0.2) is 4.39 Å². The molecule has 0 amide bonds. The summed E-state index contributed by atoms with van der Waals surface area (Å²) in [6.45, 7) is 0. The summed E-state index contributed by atoms with van der Waals surface area (Å²) < 4.78 is 13.7. The number of rotatable bonds is 2. The fraction of sp³-hybridized carbons (Fsp3) is 0.500. The molecule has 0 spiro atoms. The maximum absolute atomic E-state index is 13.2. The smallest absolute Gasteiger partial charge is 0.139 e. The summed E-state index contributed by atoms with van der Waals surface area (Å²) in [6, 6.07) is 3.19. The highest BCUT2D eigenvalue weighted by atomic mass is 79.9. The molecule has 1 aliphatic carbocycles. The zero-order valence-electron chi connectivity index (χ0n) is 9.01. The topological polar surface area (TPSA) is 26.0 Å². The van der Waals surface area contributed by atoms with Gasteiger partial charge in [0, 0.05) is 15.8 Å². The average molecular weight is 304 g/mol. The fourth-order valence-corrected chi connectivity index (χ4v) is 3.81. The minimum absolute atomic E-state index is 0.287. The first-order chi connectivity index (χ1) is 7.66. The molecular weight excluding hydrogens is 289 g/mol. The summed E-state index contributed by atoms with van der Waals surface area (Å²) in [4.78, 5) is 1.00. The van der Waals surface area contributed by atoms with Crippen LogP contribution in [0.15, 0.2) is 21.5 Å².